The van der Waals surface area contributed by atoms with E-state index in [9.17, 15) is 13.9 Å². The van der Waals surface area contributed by atoms with Crippen LogP contribution < -0.4 is 5.73 Å². The molecule has 0 aliphatic rings. The molecule has 4 aromatic carbocycles. The van der Waals surface area contributed by atoms with Crippen LogP contribution in [0.1, 0.15) is 45.3 Å². The fourth-order valence-electron chi connectivity index (χ4n) is 7.75. The van der Waals surface area contributed by atoms with Crippen LogP contribution in [-0.2, 0) is 26.0 Å². The second kappa shape index (κ2) is 18.3. The molecule has 10 nitrogen and oxygen atoms in total. The third-order valence-corrected chi connectivity index (χ3v) is 10.9. The number of aliphatic hydroxyl groups excluding tert-OH is 1. The molecular weight excluding hydrogens is 805 g/mol. The Kier molecular flexibility index (Phi) is 11.9. The average molecular weight is 848 g/mol. The van der Waals surface area contributed by atoms with E-state index in [-0.39, 0.29) is 24.5 Å². The highest BCUT2D eigenvalue weighted by atomic mass is 19.1. The molecule has 12 heteroatoms. The van der Waals surface area contributed by atoms with Crippen molar-refractivity contribution in [1.82, 2.24) is 39.9 Å². The Balaban J connectivity index is 0.000000162. The van der Waals surface area contributed by atoms with Crippen molar-refractivity contribution in [2.75, 3.05) is 0 Å². The second-order valence-electron chi connectivity index (χ2n) is 15.5. The first-order chi connectivity index (χ1) is 31.2. The van der Waals surface area contributed by atoms with E-state index < -0.39 is 5.82 Å². The Labute approximate surface area is 368 Å². The van der Waals surface area contributed by atoms with Crippen molar-refractivity contribution in [1.29, 1.82) is 0 Å². The molecule has 0 saturated carbocycles. The molecule has 0 atom stereocenters. The van der Waals surface area contributed by atoms with E-state index in [2.05, 4.69) is 37.1 Å². The van der Waals surface area contributed by atoms with Crippen LogP contribution in [0.2, 0.25) is 0 Å². The van der Waals surface area contributed by atoms with Gasteiger partial charge in [0.25, 0.3) is 0 Å². The number of halogens is 2. The third kappa shape index (κ3) is 9.05. The molecule has 6 aromatic heterocycles. The molecule has 0 amide bonds. The Morgan fingerprint density at radius 1 is 0.531 bits per heavy atom. The van der Waals surface area contributed by atoms with Gasteiger partial charge in [0.1, 0.15) is 23.3 Å². The Morgan fingerprint density at radius 3 is 1.48 bits per heavy atom. The molecule has 0 aliphatic carbocycles. The van der Waals surface area contributed by atoms with Gasteiger partial charge < -0.3 is 20.8 Å². The lowest BCUT2D eigenvalue weighted by Crippen LogP contribution is -2.01. The molecular formula is C52H43F2N9O. The lowest BCUT2D eigenvalue weighted by atomic mass is 10.1. The monoisotopic (exact) mass is 847 g/mol. The van der Waals surface area contributed by atoms with Crippen molar-refractivity contribution in [3.63, 3.8) is 0 Å². The number of aryl methyl sites for hydroxylation is 2. The number of aromatic nitrogens is 8. The van der Waals surface area contributed by atoms with Crippen LogP contribution in [0.3, 0.4) is 0 Å². The van der Waals surface area contributed by atoms with Crippen LogP contribution in [0.15, 0.2) is 146 Å². The molecule has 316 valence electrons. The molecule has 0 saturated heterocycles. The predicted molar refractivity (Wildman–Crippen MR) is 247 cm³/mol. The van der Waals surface area contributed by atoms with Crippen LogP contribution >= 0.6 is 0 Å². The SMILES string of the molecule is Cc1cccc(-c2[nH]c(Cc3ccc(F)c(CN)c3)nc2-c2ccc3ncccc3c2)n1.Cc1cccc(-c2[nH]c(Cc3ccc(F)c(CO)c3)nc2-c2ccc3ncccc3c2)n1. The number of aliphatic hydroxyl groups is 1. The first kappa shape index (κ1) is 41.5. The van der Waals surface area contributed by atoms with Gasteiger partial charge >= 0.3 is 0 Å². The molecule has 6 heterocycles. The maximum Gasteiger partial charge on any atom is 0.128 e. The summed E-state index contributed by atoms with van der Waals surface area (Å²) in [6.45, 7) is 3.74. The first-order valence-electron chi connectivity index (χ1n) is 20.8. The number of nitrogens with zero attached hydrogens (tertiary/aromatic N) is 6. The van der Waals surface area contributed by atoms with E-state index in [4.69, 9.17) is 20.7 Å². The molecule has 5 N–H and O–H groups in total. The zero-order valence-electron chi connectivity index (χ0n) is 35.1. The number of pyridine rings is 4. The summed E-state index contributed by atoms with van der Waals surface area (Å²) in [5.74, 6) is 0.816. The number of hydrogen-bond acceptors (Lipinski definition) is 8. The minimum atomic E-state index is -0.411. The van der Waals surface area contributed by atoms with E-state index in [1.807, 2.05) is 98.8 Å². The topological polar surface area (TPSA) is 155 Å². The van der Waals surface area contributed by atoms with Gasteiger partial charge in [-0.2, -0.15) is 0 Å². The largest absolute Gasteiger partial charge is 0.392 e. The van der Waals surface area contributed by atoms with Crippen LogP contribution in [0.5, 0.6) is 0 Å². The first-order valence-corrected chi connectivity index (χ1v) is 20.8. The summed E-state index contributed by atoms with van der Waals surface area (Å²) in [6, 6.07) is 41.7. The smallest absolute Gasteiger partial charge is 0.128 e. The number of benzene rings is 4. The van der Waals surface area contributed by atoms with Gasteiger partial charge in [0, 0.05) is 76.2 Å². The number of H-pyrrole nitrogens is 2. The Morgan fingerprint density at radius 2 is 1.02 bits per heavy atom. The molecule has 64 heavy (non-hydrogen) atoms. The van der Waals surface area contributed by atoms with E-state index in [1.165, 1.54) is 12.1 Å². The van der Waals surface area contributed by atoms with Crippen molar-refractivity contribution in [3.8, 4) is 45.3 Å². The summed E-state index contributed by atoms with van der Waals surface area (Å²) in [5, 5.41) is 11.5. The van der Waals surface area contributed by atoms with Crippen molar-refractivity contribution in [2.24, 2.45) is 5.73 Å². The number of fused-ring (bicyclic) bond motifs is 2. The van der Waals surface area contributed by atoms with Crippen molar-refractivity contribution < 1.29 is 13.9 Å². The zero-order valence-corrected chi connectivity index (χ0v) is 35.1. The highest BCUT2D eigenvalue weighted by Gasteiger charge is 2.19. The molecule has 10 aromatic rings. The van der Waals surface area contributed by atoms with Crippen LogP contribution in [0, 0.1) is 25.5 Å². The highest BCUT2D eigenvalue weighted by Crippen LogP contribution is 2.33. The summed E-state index contributed by atoms with van der Waals surface area (Å²) >= 11 is 0. The van der Waals surface area contributed by atoms with E-state index in [0.29, 0.717) is 18.4 Å². The van der Waals surface area contributed by atoms with Crippen LogP contribution in [-0.4, -0.2) is 45.0 Å². The fraction of sp³-hybridized carbons (Fsp3) is 0.115. The maximum atomic E-state index is 13.9. The number of hydrogen-bond donors (Lipinski definition) is 4. The van der Waals surface area contributed by atoms with E-state index >= 15 is 0 Å². The lowest BCUT2D eigenvalue weighted by molar-refractivity contribution is 0.275. The molecule has 0 fully saturated rings. The molecule has 0 bridgehead atoms. The van der Waals surface area contributed by atoms with Crippen molar-refractivity contribution >= 4 is 21.8 Å². The van der Waals surface area contributed by atoms with Gasteiger partial charge in [-0.3, -0.25) is 19.9 Å². The van der Waals surface area contributed by atoms with Gasteiger partial charge in [0.2, 0.25) is 0 Å². The van der Waals surface area contributed by atoms with Gasteiger partial charge in [-0.25, -0.2) is 18.7 Å². The quantitative estimate of drug-likeness (QED) is 0.106. The number of nitrogens with one attached hydrogen (secondary N) is 2. The molecule has 0 aliphatic heterocycles. The minimum Gasteiger partial charge on any atom is -0.392 e. The number of rotatable bonds is 10. The van der Waals surface area contributed by atoms with E-state index in [1.54, 1.807) is 36.7 Å². The number of aromatic amines is 2. The summed E-state index contributed by atoms with van der Waals surface area (Å²) in [7, 11) is 0. The zero-order chi connectivity index (χ0) is 44.2. The second-order valence-corrected chi connectivity index (χ2v) is 15.5. The third-order valence-electron chi connectivity index (χ3n) is 10.9. The summed E-state index contributed by atoms with van der Waals surface area (Å²) < 4.78 is 27.7. The lowest BCUT2D eigenvalue weighted by Gasteiger charge is -2.05. The van der Waals surface area contributed by atoms with Gasteiger partial charge in [0.05, 0.1) is 51.8 Å². The van der Waals surface area contributed by atoms with E-state index in [0.717, 1.165) is 101 Å². The Bertz CT molecular complexity index is 3070. The average Bonchev–Trinajstić information content (AvgIpc) is 3.95. The van der Waals surface area contributed by atoms with Crippen molar-refractivity contribution in [2.45, 2.75) is 39.8 Å². The van der Waals surface area contributed by atoms with Gasteiger partial charge in [-0.15, -0.1) is 0 Å². The number of imidazole rings is 2. The highest BCUT2D eigenvalue weighted by molar-refractivity contribution is 5.88. The molecule has 0 spiro atoms. The van der Waals surface area contributed by atoms with Crippen LogP contribution in [0.25, 0.3) is 67.1 Å². The van der Waals surface area contributed by atoms with Crippen molar-refractivity contribution in [3.05, 3.63) is 203 Å². The summed E-state index contributed by atoms with van der Waals surface area (Å²) in [4.78, 5) is 34.9. The molecule has 0 radical (unpaired) electrons. The molecule has 0 unspecified atom stereocenters. The minimum absolute atomic E-state index is 0.159. The number of nitrogens with two attached hydrogens (primary N) is 1. The van der Waals surface area contributed by atoms with Gasteiger partial charge in [-0.05, 0) is 97.8 Å². The molecule has 10 rings (SSSR count). The summed E-state index contributed by atoms with van der Waals surface area (Å²) in [5.41, 5.74) is 18.8. The predicted octanol–water partition coefficient (Wildman–Crippen LogP) is 10.4. The van der Waals surface area contributed by atoms with Gasteiger partial charge in [-0.1, -0.05) is 60.7 Å². The normalized spacial score (nSPS) is 11.2. The maximum absolute atomic E-state index is 13.9. The van der Waals surface area contributed by atoms with Crippen LogP contribution in [0.4, 0.5) is 8.78 Å². The fourth-order valence-corrected chi connectivity index (χ4v) is 7.75. The van der Waals surface area contributed by atoms with Gasteiger partial charge in [0.15, 0.2) is 0 Å². The standard InChI is InChI=1S/C26H22FN5.C26H21FN4O/c1-16-4-2-6-23(30-16)26-25(19-8-10-22-18(14-19)5-3-11-29-22)31-24(32-26)13-17-7-9-21(27)20(12-17)15-28;1-16-4-2-6-23(29-16)26-25(19-8-10-22-18(14-19)5-3-11-28-22)30-24(31-26)13-17-7-9-21(27)20(12-17)15-32/h2-12,14H,13,15,28H2,1H3,(H,31,32);2-12,14,32H,13,15H2,1H3,(H,30,31). The summed E-state index contributed by atoms with van der Waals surface area (Å²) in [6.07, 6.45) is 4.57. The Hall–Kier alpha value is -7.80.